The van der Waals surface area contributed by atoms with Gasteiger partial charge >= 0.3 is 6.01 Å². The minimum atomic E-state index is -0.282. The number of ether oxygens (including phenoxy) is 1. The highest BCUT2D eigenvalue weighted by Crippen LogP contribution is 2.40. The number of halogens is 1. The summed E-state index contributed by atoms with van der Waals surface area (Å²) in [7, 11) is 7.77. The van der Waals surface area contributed by atoms with Crippen molar-refractivity contribution in [3.05, 3.63) is 52.8 Å². The maximum Gasteiger partial charge on any atom is 0.318 e. The van der Waals surface area contributed by atoms with Crippen molar-refractivity contribution in [3.63, 3.8) is 0 Å². The van der Waals surface area contributed by atoms with Gasteiger partial charge in [-0.1, -0.05) is 29.8 Å². The number of nitrogens with zero attached hydrogens (tertiary/aromatic N) is 8. The van der Waals surface area contributed by atoms with E-state index in [0.717, 1.165) is 73.1 Å². The van der Waals surface area contributed by atoms with E-state index >= 15 is 0 Å². The van der Waals surface area contributed by atoms with E-state index < -0.39 is 0 Å². The quantitative estimate of drug-likeness (QED) is 0.409. The molecule has 5 rings (SSSR count). The van der Waals surface area contributed by atoms with Crippen molar-refractivity contribution < 1.29 is 9.53 Å². The molecule has 3 atom stereocenters. The Kier molecular flexibility index (Phi) is 9.86. The molecule has 1 aromatic heterocycles. The van der Waals surface area contributed by atoms with Crippen LogP contribution in [-0.2, 0) is 17.8 Å². The summed E-state index contributed by atoms with van der Waals surface area (Å²) in [6.07, 6.45) is 7.77. The average molecular weight is 621 g/mol. The number of allylic oxidation sites excluding steroid dienone is 1. The van der Waals surface area contributed by atoms with Crippen molar-refractivity contribution in [1.29, 1.82) is 5.26 Å². The van der Waals surface area contributed by atoms with Gasteiger partial charge in [0.05, 0.1) is 47.0 Å². The molecule has 236 valence electrons. The van der Waals surface area contributed by atoms with Gasteiger partial charge in [0.1, 0.15) is 12.4 Å². The van der Waals surface area contributed by atoms with Crippen LogP contribution in [0, 0.1) is 17.2 Å². The van der Waals surface area contributed by atoms with Crippen molar-refractivity contribution in [3.8, 4) is 12.1 Å². The van der Waals surface area contributed by atoms with Gasteiger partial charge in [0.2, 0.25) is 5.91 Å². The van der Waals surface area contributed by atoms with E-state index in [2.05, 4.69) is 46.0 Å². The molecule has 1 aromatic carbocycles. The first kappa shape index (κ1) is 31.9. The maximum atomic E-state index is 12.8. The van der Waals surface area contributed by atoms with Gasteiger partial charge in [0, 0.05) is 51.8 Å². The fourth-order valence-corrected chi connectivity index (χ4v) is 7.17. The maximum absolute atomic E-state index is 12.8. The number of hydrogen-bond acceptors (Lipinski definition) is 9. The summed E-state index contributed by atoms with van der Waals surface area (Å²) in [5.41, 5.74) is 2.78. The molecule has 10 nitrogen and oxygen atoms in total. The van der Waals surface area contributed by atoms with E-state index in [-0.39, 0.29) is 23.4 Å². The second kappa shape index (κ2) is 13.6. The fraction of sp³-hybridized carbons (Fsp3) is 0.576. The highest BCUT2D eigenvalue weighted by atomic mass is 35.5. The predicted molar refractivity (Wildman–Crippen MR) is 174 cm³/mol. The Hall–Kier alpha value is -3.55. The van der Waals surface area contributed by atoms with Gasteiger partial charge in [-0.15, -0.1) is 0 Å². The Morgan fingerprint density at radius 3 is 2.68 bits per heavy atom. The number of rotatable bonds is 9. The van der Waals surface area contributed by atoms with Crippen LogP contribution in [0.3, 0.4) is 0 Å². The molecule has 11 heteroatoms. The molecule has 2 aliphatic heterocycles. The number of anilines is 2. The van der Waals surface area contributed by atoms with Crippen LogP contribution >= 0.6 is 11.6 Å². The molecule has 0 spiro atoms. The van der Waals surface area contributed by atoms with Crippen LogP contribution in [-0.4, -0.2) is 103 Å². The second-order valence-corrected chi connectivity index (χ2v) is 13.0. The molecule has 3 heterocycles. The molecule has 44 heavy (non-hydrogen) atoms. The molecule has 0 bridgehead atoms. The van der Waals surface area contributed by atoms with Gasteiger partial charge < -0.3 is 29.2 Å². The van der Waals surface area contributed by atoms with Crippen LogP contribution in [0.4, 0.5) is 11.5 Å². The SMILES string of the molecule is CC=CN1CCN(c2nc(OCC3(N(C)C)CCC(C(=O)N(C)C)C3)nc3c2CCN(c2ccccc2Cl)C3)C[C@@H]1CC#N. The Bertz CT molecular complexity index is 1410. The van der Waals surface area contributed by atoms with Crippen LogP contribution in [0.2, 0.25) is 5.02 Å². The second-order valence-electron chi connectivity index (χ2n) is 12.6. The van der Waals surface area contributed by atoms with Gasteiger partial charge in [-0.25, -0.2) is 0 Å². The van der Waals surface area contributed by atoms with E-state index in [4.69, 9.17) is 26.3 Å². The minimum absolute atomic E-state index is 0.0225. The molecule has 0 radical (unpaired) electrons. The summed E-state index contributed by atoms with van der Waals surface area (Å²) in [4.78, 5) is 33.6. The van der Waals surface area contributed by atoms with Gasteiger partial charge in [0.25, 0.3) is 0 Å². The number of carbonyl (C=O) groups excluding carboxylic acids is 1. The normalized spacial score (nSPS) is 23.6. The Balaban J connectivity index is 1.45. The third-order valence-electron chi connectivity index (χ3n) is 9.50. The molecule has 2 unspecified atom stereocenters. The van der Waals surface area contributed by atoms with E-state index in [1.165, 1.54) is 0 Å². The smallest absolute Gasteiger partial charge is 0.318 e. The third kappa shape index (κ3) is 6.59. The number of carbonyl (C=O) groups is 1. The van der Waals surface area contributed by atoms with E-state index in [1.807, 2.05) is 51.4 Å². The van der Waals surface area contributed by atoms with E-state index in [0.29, 0.717) is 32.1 Å². The number of aromatic nitrogens is 2. The first-order valence-electron chi connectivity index (χ1n) is 15.6. The Labute approximate surface area is 266 Å². The zero-order chi connectivity index (χ0) is 31.4. The zero-order valence-electron chi connectivity index (χ0n) is 26.7. The topological polar surface area (TPSA) is 92.1 Å². The van der Waals surface area contributed by atoms with Gasteiger partial charge in [-0.2, -0.15) is 15.2 Å². The van der Waals surface area contributed by atoms with Crippen molar-refractivity contribution in [2.75, 3.05) is 70.8 Å². The molecular formula is C33H45ClN8O2. The molecule has 1 aliphatic carbocycles. The number of fused-ring (bicyclic) bond motifs is 1. The molecule has 2 fully saturated rings. The number of likely N-dealkylation sites (N-methyl/N-ethyl adjacent to an activating group) is 1. The summed E-state index contributed by atoms with van der Waals surface area (Å²) in [6, 6.07) is 10.7. The summed E-state index contributed by atoms with van der Waals surface area (Å²) in [6.45, 7) is 6.11. The molecule has 1 saturated heterocycles. The van der Waals surface area contributed by atoms with Crippen LogP contribution < -0.4 is 14.5 Å². The van der Waals surface area contributed by atoms with Crippen molar-refractivity contribution in [2.24, 2.45) is 5.92 Å². The van der Waals surface area contributed by atoms with Crippen molar-refractivity contribution >= 4 is 29.0 Å². The third-order valence-corrected chi connectivity index (χ3v) is 9.82. The summed E-state index contributed by atoms with van der Waals surface area (Å²) >= 11 is 6.60. The summed E-state index contributed by atoms with van der Waals surface area (Å²) in [5, 5.41) is 10.3. The monoisotopic (exact) mass is 620 g/mol. The first-order chi connectivity index (χ1) is 21.2. The van der Waals surface area contributed by atoms with Crippen LogP contribution in [0.15, 0.2) is 36.5 Å². The number of hydrogen-bond donors (Lipinski definition) is 0. The van der Waals surface area contributed by atoms with Crippen LogP contribution in [0.1, 0.15) is 43.9 Å². The molecule has 1 saturated carbocycles. The molecule has 3 aliphatic rings. The highest BCUT2D eigenvalue weighted by Gasteiger charge is 2.45. The lowest BCUT2D eigenvalue weighted by molar-refractivity contribution is -0.133. The average Bonchev–Trinajstić information content (AvgIpc) is 3.46. The first-order valence-corrected chi connectivity index (χ1v) is 15.9. The van der Waals surface area contributed by atoms with E-state index in [1.54, 1.807) is 4.90 Å². The fourth-order valence-electron chi connectivity index (χ4n) is 6.91. The van der Waals surface area contributed by atoms with Crippen molar-refractivity contribution in [2.45, 2.75) is 57.2 Å². The standard InChI is InChI=1S/C33H45ClN8O2/c1-6-16-40-18-19-42(21-25(40)12-15-35)30-26-13-17-41(29-10-8-7-9-27(29)34)22-28(26)36-32(37-30)44-23-33(39(4)5)14-11-24(20-33)31(43)38(2)3/h6-10,16,24-25H,11-14,17-23H2,1-5H3/t24?,25-,33?/m0/s1. The lowest BCUT2D eigenvalue weighted by atomic mass is 9.95. The summed E-state index contributed by atoms with van der Waals surface area (Å²) < 4.78 is 6.51. The number of amides is 1. The lowest BCUT2D eigenvalue weighted by Crippen LogP contribution is -2.51. The zero-order valence-corrected chi connectivity index (χ0v) is 27.4. The lowest BCUT2D eigenvalue weighted by Gasteiger charge is -2.42. The predicted octanol–water partition coefficient (Wildman–Crippen LogP) is 4.20. The van der Waals surface area contributed by atoms with Crippen LogP contribution in [0.25, 0.3) is 0 Å². The van der Waals surface area contributed by atoms with Crippen molar-refractivity contribution in [1.82, 2.24) is 24.7 Å². The molecule has 0 N–H and O–H groups in total. The van der Waals surface area contributed by atoms with Gasteiger partial charge in [-0.05, 0) is 65.0 Å². The van der Waals surface area contributed by atoms with Gasteiger partial charge in [-0.3, -0.25) is 4.79 Å². The Morgan fingerprint density at radius 2 is 1.98 bits per heavy atom. The molecule has 2 aromatic rings. The number of benzene rings is 1. The number of para-hydroxylation sites is 1. The Morgan fingerprint density at radius 1 is 1.18 bits per heavy atom. The molecular weight excluding hydrogens is 576 g/mol. The number of piperazine rings is 1. The van der Waals surface area contributed by atoms with E-state index in [9.17, 15) is 10.1 Å². The minimum Gasteiger partial charge on any atom is -0.461 e. The number of nitriles is 1. The van der Waals surface area contributed by atoms with Gasteiger partial charge in [0.15, 0.2) is 0 Å². The van der Waals surface area contributed by atoms with Crippen LogP contribution in [0.5, 0.6) is 6.01 Å². The largest absolute Gasteiger partial charge is 0.461 e. The molecule has 1 amide bonds. The highest BCUT2D eigenvalue weighted by molar-refractivity contribution is 6.33. The summed E-state index contributed by atoms with van der Waals surface area (Å²) in [5.74, 6) is 1.05.